The van der Waals surface area contributed by atoms with Crippen LogP contribution >= 0.6 is 0 Å². The van der Waals surface area contributed by atoms with Crippen LogP contribution in [0.5, 0.6) is 11.5 Å². The molecule has 2 aliphatic rings. The molecular formula is C42H49MnN2O4+. The van der Waals surface area contributed by atoms with Crippen LogP contribution in [-0.4, -0.2) is 47.9 Å². The number of phenolic OH excluding ortho intramolecular Hbond substituents is 2. The maximum absolute atomic E-state index is 11.7. The molecule has 4 aromatic rings. The number of carboxylic acid groups (broad SMARTS) is 1. The van der Waals surface area contributed by atoms with Crippen molar-refractivity contribution in [2.45, 2.75) is 97.1 Å². The summed E-state index contributed by atoms with van der Waals surface area (Å²) in [6, 6.07) is 30.1. The Kier molecular flexibility index (Phi) is 10.9. The number of carbonyl (C=O) groups excluding carboxylic acids is 1. The van der Waals surface area contributed by atoms with E-state index in [-0.39, 0.29) is 10.8 Å². The molecule has 1 saturated heterocycles. The summed E-state index contributed by atoms with van der Waals surface area (Å²) in [5, 5.41) is 32.3. The normalized spacial score (nSPS) is 19.3. The molecule has 1 aliphatic heterocycles. The second kappa shape index (κ2) is 14.7. The Morgan fingerprint density at radius 3 is 1.41 bits per heavy atom. The zero-order valence-corrected chi connectivity index (χ0v) is 30.9. The van der Waals surface area contributed by atoms with E-state index in [0.717, 1.165) is 53.1 Å². The molecule has 2 atom stereocenters. The van der Waals surface area contributed by atoms with Gasteiger partial charge in [-0.1, -0.05) is 0 Å². The molecule has 2 fully saturated rings. The maximum atomic E-state index is 11.7. The van der Waals surface area contributed by atoms with Crippen molar-refractivity contribution >= 4 is 18.4 Å². The summed E-state index contributed by atoms with van der Waals surface area (Å²) in [5.74, 6) is -0.363. The van der Waals surface area contributed by atoms with Crippen LogP contribution in [-0.2, 0) is 31.0 Å². The van der Waals surface area contributed by atoms with Gasteiger partial charge in [-0.3, -0.25) is 0 Å². The van der Waals surface area contributed by atoms with E-state index in [1.807, 2.05) is 12.1 Å². The molecule has 6 rings (SSSR count). The molecule has 0 aromatic heterocycles. The molecule has 0 spiro atoms. The Balaban J connectivity index is 0.00000111. The van der Waals surface area contributed by atoms with Crippen molar-refractivity contribution in [2.75, 3.05) is 0 Å². The number of carboxylic acids is 1. The van der Waals surface area contributed by atoms with Crippen molar-refractivity contribution in [3.8, 4) is 11.5 Å². The topological polar surface area (TPSA) is 86.6 Å². The Labute approximate surface area is 298 Å². The number of phenols is 2. The molecule has 0 unspecified atom stereocenters. The third-order valence-electron chi connectivity index (χ3n) is 9.93. The van der Waals surface area contributed by atoms with Crippen LogP contribution in [0.3, 0.4) is 0 Å². The minimum absolute atomic E-state index is 0.339. The van der Waals surface area contributed by atoms with E-state index in [4.69, 9.17) is 9.90 Å². The first kappa shape index (κ1) is 36.1. The number of aromatic hydroxyl groups is 2. The molecule has 257 valence electrons. The number of hydrogen-bond acceptors (Lipinski definition) is 4. The molecule has 1 aliphatic carbocycles. The molecule has 7 heteroatoms. The van der Waals surface area contributed by atoms with E-state index in [1.165, 1.54) is 24.0 Å². The standard InChI is InChI=1S/C40H46N2O2.C2H4O2.Mn/c1-27-21-29(37(43)33(23-27)39(3,4)31-15-9-7-10-16-31)25-41-35-19-13-14-20-36(35)42-26-30-22-28(2)24-34(38(30)44)40(5,6)32-17-11-8-12-18-32;1-2(3)4;/h7-12,15-18,21-26,35-36,43-44H,13-14,19-20H2,1-6H3;1H3,(H,3,4);/q;;+2/p-1/t35-,36-;;/m1../s1. The molecule has 6 nitrogen and oxygen atoms in total. The summed E-state index contributed by atoms with van der Waals surface area (Å²) < 4.78 is 4.92. The predicted octanol–water partition coefficient (Wildman–Crippen LogP) is 6.92. The van der Waals surface area contributed by atoms with Gasteiger partial charge in [-0.05, 0) is 6.92 Å². The van der Waals surface area contributed by atoms with Crippen molar-refractivity contribution in [3.05, 3.63) is 129 Å². The first-order valence-corrected chi connectivity index (χ1v) is 18.1. The molecule has 1 heterocycles. The summed E-state index contributed by atoms with van der Waals surface area (Å²) in [7, 11) is 0. The van der Waals surface area contributed by atoms with E-state index >= 15 is 0 Å². The Morgan fingerprint density at radius 2 is 1.06 bits per heavy atom. The number of carbonyl (C=O) groups is 1. The minimum atomic E-state index is -1.08. The second-order valence-corrected chi connectivity index (χ2v) is 15.9. The van der Waals surface area contributed by atoms with E-state index in [9.17, 15) is 10.2 Å². The van der Waals surface area contributed by atoms with Crippen LogP contribution in [0.25, 0.3) is 0 Å². The fraction of sp³-hybridized carbons (Fsp3) is 0.357. The number of benzene rings is 4. The molecule has 1 saturated carbocycles. The van der Waals surface area contributed by atoms with E-state index in [2.05, 4.69) is 134 Å². The van der Waals surface area contributed by atoms with Crippen LogP contribution in [0.1, 0.15) is 105 Å². The molecule has 0 radical (unpaired) electrons. The molecule has 49 heavy (non-hydrogen) atoms. The van der Waals surface area contributed by atoms with Gasteiger partial charge >= 0.3 is 276 Å². The van der Waals surface area contributed by atoms with Crippen LogP contribution in [0, 0.1) is 13.8 Å². The van der Waals surface area contributed by atoms with Crippen LogP contribution < -0.4 is 5.11 Å². The van der Waals surface area contributed by atoms with Crippen molar-refractivity contribution in [3.63, 3.8) is 0 Å². The quantitative estimate of drug-likeness (QED) is 0.214. The molecule has 4 aromatic carbocycles. The fourth-order valence-electron chi connectivity index (χ4n) is 7.16. The van der Waals surface area contributed by atoms with E-state index < -0.39 is 5.97 Å². The number of nitrogens with zero attached hydrogens (tertiary/aromatic N) is 2. The Morgan fingerprint density at radius 1 is 0.714 bits per heavy atom. The summed E-state index contributed by atoms with van der Waals surface area (Å²) in [6.07, 6.45) is 9.07. The van der Waals surface area contributed by atoms with Crippen LogP contribution in [0.2, 0.25) is 0 Å². The van der Waals surface area contributed by atoms with Gasteiger partial charge in [-0.2, -0.15) is 0 Å². The number of hydrogen-bond donors (Lipinski definition) is 2. The van der Waals surface area contributed by atoms with Gasteiger partial charge < -0.3 is 9.90 Å². The second-order valence-electron chi connectivity index (χ2n) is 14.4. The molecular weight excluding hydrogens is 651 g/mol. The molecule has 2 N–H and O–H groups in total. The van der Waals surface area contributed by atoms with Gasteiger partial charge in [0, 0.05) is 5.97 Å². The number of aliphatic carboxylic acids is 1. The SMILES string of the molecule is CC(=O)[O-].Cc1cc(C=[N+]2[Mn][N+](=Cc3cc(C)cc(C(C)(C)c4ccccc4)c3O)[C@@H]3CCCC[C@H]32)c(O)c(C(C)(C)c2ccccc2)c1. The fourth-order valence-corrected chi connectivity index (χ4v) is 9.01. The third-order valence-corrected chi connectivity index (χ3v) is 11.6. The number of fused-ring (bicyclic) bond motifs is 1. The monoisotopic (exact) mass is 700 g/mol. The zero-order chi connectivity index (χ0) is 35.5. The van der Waals surface area contributed by atoms with Crippen LogP contribution in [0.15, 0.2) is 84.9 Å². The van der Waals surface area contributed by atoms with Crippen molar-refractivity contribution in [1.82, 2.24) is 0 Å². The molecule has 0 bridgehead atoms. The van der Waals surface area contributed by atoms with Gasteiger partial charge in [0.15, 0.2) is 0 Å². The zero-order valence-electron chi connectivity index (χ0n) is 29.7. The average molecular weight is 701 g/mol. The number of rotatable bonds is 6. The Hall–Kier alpha value is -4.19. The summed E-state index contributed by atoms with van der Waals surface area (Å²) in [4.78, 5) is 8.89. The first-order valence-electron chi connectivity index (χ1n) is 17.1. The summed E-state index contributed by atoms with van der Waals surface area (Å²) >= 11 is 0.348. The van der Waals surface area contributed by atoms with Gasteiger partial charge in [0.1, 0.15) is 0 Å². The van der Waals surface area contributed by atoms with E-state index in [0.29, 0.717) is 39.0 Å². The predicted molar refractivity (Wildman–Crippen MR) is 190 cm³/mol. The van der Waals surface area contributed by atoms with Gasteiger partial charge in [-0.25, -0.2) is 0 Å². The molecule has 0 amide bonds. The Bertz CT molecular complexity index is 1750. The number of aryl methyl sites for hydroxylation is 2. The van der Waals surface area contributed by atoms with E-state index in [1.54, 1.807) is 0 Å². The summed E-state index contributed by atoms with van der Waals surface area (Å²) in [5.41, 5.74) is 7.61. The van der Waals surface area contributed by atoms with Gasteiger partial charge in [0.25, 0.3) is 0 Å². The van der Waals surface area contributed by atoms with Crippen molar-refractivity contribution in [1.29, 1.82) is 0 Å². The summed E-state index contributed by atoms with van der Waals surface area (Å²) in [6.45, 7) is 14.0. The van der Waals surface area contributed by atoms with Gasteiger partial charge in [0.05, 0.1) is 0 Å². The van der Waals surface area contributed by atoms with Crippen molar-refractivity contribution < 1.29 is 42.7 Å². The van der Waals surface area contributed by atoms with Crippen molar-refractivity contribution in [2.24, 2.45) is 0 Å². The van der Waals surface area contributed by atoms with Gasteiger partial charge in [0.2, 0.25) is 0 Å². The average Bonchev–Trinajstić information content (AvgIpc) is 3.41. The van der Waals surface area contributed by atoms with Gasteiger partial charge in [-0.15, -0.1) is 0 Å². The first-order chi connectivity index (χ1) is 23.2. The third kappa shape index (κ3) is 7.84. The van der Waals surface area contributed by atoms with Crippen LogP contribution in [0.4, 0.5) is 0 Å².